The molecular weight excluding hydrogens is 388 g/mol. The molecule has 0 spiro atoms. The number of rotatable bonds is 7. The molecule has 3 aromatic rings. The first kappa shape index (κ1) is 18.9. The van der Waals surface area contributed by atoms with E-state index in [4.69, 9.17) is 0 Å². The molecule has 3 N–H and O–H groups in total. The van der Waals surface area contributed by atoms with Crippen LogP contribution in [0.3, 0.4) is 0 Å². The van der Waals surface area contributed by atoms with Gasteiger partial charge >= 0.3 is 0 Å². The summed E-state index contributed by atoms with van der Waals surface area (Å²) >= 11 is 0. The third kappa shape index (κ3) is 4.04. The van der Waals surface area contributed by atoms with Crippen molar-refractivity contribution < 1.29 is 4.21 Å². The molecule has 0 aliphatic heterocycles. The lowest BCUT2D eigenvalue weighted by atomic mass is 10.2. The van der Waals surface area contributed by atoms with Gasteiger partial charge in [-0.1, -0.05) is 6.92 Å². The van der Waals surface area contributed by atoms with Crippen LogP contribution >= 0.6 is 0 Å². The Hall–Kier alpha value is -3.47. The van der Waals surface area contributed by atoms with Crippen molar-refractivity contribution in [2.45, 2.75) is 30.7 Å². The summed E-state index contributed by atoms with van der Waals surface area (Å²) in [7, 11) is -1.42. The van der Waals surface area contributed by atoms with Crippen LogP contribution in [0.25, 0.3) is 5.65 Å². The summed E-state index contributed by atoms with van der Waals surface area (Å²) < 4.78 is 16.6. The summed E-state index contributed by atoms with van der Waals surface area (Å²) in [5.74, 6) is 0.477. The van der Waals surface area contributed by atoms with Gasteiger partial charge in [0.15, 0.2) is 17.2 Å². The molecule has 0 radical (unpaired) electrons. The first-order valence-electron chi connectivity index (χ1n) is 9.14. The van der Waals surface area contributed by atoms with Gasteiger partial charge in [-0.05, 0) is 31.0 Å². The van der Waals surface area contributed by atoms with Crippen LogP contribution in [0.15, 0.2) is 35.4 Å². The summed E-state index contributed by atoms with van der Waals surface area (Å²) in [6.45, 7) is 2.40. The smallest absolute Gasteiger partial charge is 0.178 e. The van der Waals surface area contributed by atoms with Crippen molar-refractivity contribution in [3.63, 3.8) is 0 Å². The van der Waals surface area contributed by atoms with E-state index in [0.717, 1.165) is 18.5 Å². The zero-order valence-corrected chi connectivity index (χ0v) is 16.5. The van der Waals surface area contributed by atoms with E-state index in [9.17, 15) is 14.7 Å². The fraction of sp³-hybridized carbons (Fsp3) is 0.263. The lowest BCUT2D eigenvalue weighted by Crippen LogP contribution is -2.16. The van der Waals surface area contributed by atoms with Crippen LogP contribution in [0, 0.1) is 22.7 Å². The van der Waals surface area contributed by atoms with Crippen molar-refractivity contribution in [2.75, 3.05) is 17.2 Å². The quantitative estimate of drug-likeness (QED) is 0.549. The molecule has 0 amide bonds. The molecule has 2 aromatic heterocycles. The van der Waals surface area contributed by atoms with E-state index in [1.807, 2.05) is 13.0 Å². The van der Waals surface area contributed by atoms with Crippen molar-refractivity contribution in [3.8, 4) is 12.1 Å². The molecule has 0 bridgehead atoms. The Balaban J connectivity index is 1.73. The average Bonchev–Trinajstić information content (AvgIpc) is 3.44. The van der Waals surface area contributed by atoms with E-state index < -0.39 is 11.0 Å². The van der Waals surface area contributed by atoms with Crippen LogP contribution in [0.4, 0.5) is 17.2 Å². The Morgan fingerprint density at radius 2 is 2.07 bits per heavy atom. The number of fused-ring (bicyclic) bond motifs is 1. The molecule has 1 saturated carbocycles. The van der Waals surface area contributed by atoms with Crippen molar-refractivity contribution in [1.82, 2.24) is 19.3 Å². The van der Waals surface area contributed by atoms with Gasteiger partial charge in [0.2, 0.25) is 0 Å². The van der Waals surface area contributed by atoms with E-state index >= 15 is 0 Å². The van der Waals surface area contributed by atoms with Gasteiger partial charge in [-0.3, -0.25) is 0 Å². The highest BCUT2D eigenvalue weighted by atomic mass is 32.2. The normalized spacial score (nSPS) is 14.2. The van der Waals surface area contributed by atoms with E-state index in [1.54, 1.807) is 18.2 Å². The number of nitriles is 2. The zero-order chi connectivity index (χ0) is 20.4. The summed E-state index contributed by atoms with van der Waals surface area (Å²) in [5, 5.41) is 29.7. The molecule has 1 aliphatic rings. The SMILES string of the molecule is CCNS(=O)c1cc(C#N)cc(Nc2cc(NC3CC3)c3ncc(C#N)n3n2)c1. The van der Waals surface area contributed by atoms with E-state index in [1.165, 1.54) is 10.7 Å². The highest BCUT2D eigenvalue weighted by Crippen LogP contribution is 2.29. The zero-order valence-electron chi connectivity index (χ0n) is 15.6. The van der Waals surface area contributed by atoms with Crippen molar-refractivity contribution in [3.05, 3.63) is 41.7 Å². The first-order valence-corrected chi connectivity index (χ1v) is 10.3. The van der Waals surface area contributed by atoms with Gasteiger partial charge in [-0.2, -0.15) is 15.0 Å². The maximum Gasteiger partial charge on any atom is 0.178 e. The second kappa shape index (κ2) is 7.87. The van der Waals surface area contributed by atoms with Crippen molar-refractivity contribution in [1.29, 1.82) is 10.5 Å². The summed E-state index contributed by atoms with van der Waals surface area (Å²) in [4.78, 5) is 4.79. The molecular formula is C19H18N8OS. The third-order valence-corrected chi connectivity index (χ3v) is 5.53. The molecule has 9 nitrogen and oxygen atoms in total. The number of imidazole rings is 1. The lowest BCUT2D eigenvalue weighted by molar-refractivity contribution is 0.674. The summed E-state index contributed by atoms with van der Waals surface area (Å²) in [6.07, 6.45) is 3.66. The first-order chi connectivity index (χ1) is 14.1. The Labute approximate surface area is 170 Å². The maximum atomic E-state index is 12.3. The van der Waals surface area contributed by atoms with E-state index in [2.05, 4.69) is 37.6 Å². The lowest BCUT2D eigenvalue weighted by Gasteiger charge is -2.12. The predicted octanol–water partition coefficient (Wildman–Crippen LogP) is 2.42. The molecule has 1 fully saturated rings. The Bertz CT molecular complexity index is 1190. The molecule has 1 atom stereocenters. The standard InChI is InChI=1S/C19H18N8OS/c1-2-23-29(28)16-6-12(9-20)5-14(7-16)25-18-8-17(24-13-3-4-13)19-22-11-15(10-21)27(19)26-18/h5-8,11,13,23-24H,2-4H2,1H3,(H,25,26). The molecule has 1 unspecified atom stereocenters. The minimum Gasteiger partial charge on any atom is -0.379 e. The minimum atomic E-state index is -1.42. The van der Waals surface area contributed by atoms with Gasteiger partial charge in [-0.25, -0.2) is 13.9 Å². The van der Waals surface area contributed by atoms with Crippen LogP contribution in [-0.2, 0) is 11.0 Å². The second-order valence-corrected chi connectivity index (χ2v) is 7.90. The van der Waals surface area contributed by atoms with E-state index in [0.29, 0.717) is 45.9 Å². The number of nitrogens with one attached hydrogen (secondary N) is 3. The number of anilines is 3. The summed E-state index contributed by atoms with van der Waals surface area (Å²) in [5.41, 5.74) is 2.64. The number of benzene rings is 1. The van der Waals surface area contributed by atoms with Gasteiger partial charge in [0, 0.05) is 24.3 Å². The molecule has 2 heterocycles. The highest BCUT2D eigenvalue weighted by Gasteiger charge is 2.23. The third-order valence-electron chi connectivity index (χ3n) is 4.32. The molecule has 10 heteroatoms. The topological polar surface area (TPSA) is 131 Å². The van der Waals surface area contributed by atoms with Crippen LogP contribution < -0.4 is 15.4 Å². The maximum absolute atomic E-state index is 12.3. The minimum absolute atomic E-state index is 0.321. The fourth-order valence-electron chi connectivity index (χ4n) is 2.86. The molecule has 146 valence electrons. The Kier molecular flexibility index (Phi) is 5.12. The Morgan fingerprint density at radius 1 is 1.24 bits per heavy atom. The van der Waals surface area contributed by atoms with Crippen LogP contribution in [0.1, 0.15) is 31.0 Å². The largest absolute Gasteiger partial charge is 0.379 e. The van der Waals surface area contributed by atoms with Crippen LogP contribution in [-0.4, -0.2) is 31.4 Å². The molecule has 29 heavy (non-hydrogen) atoms. The fourth-order valence-corrected chi connectivity index (χ4v) is 3.76. The van der Waals surface area contributed by atoms with Gasteiger partial charge in [-0.15, -0.1) is 5.10 Å². The molecule has 1 aromatic carbocycles. The Morgan fingerprint density at radius 3 is 2.76 bits per heavy atom. The van der Waals surface area contributed by atoms with Gasteiger partial charge < -0.3 is 10.6 Å². The predicted molar refractivity (Wildman–Crippen MR) is 109 cm³/mol. The number of aromatic nitrogens is 3. The second-order valence-electron chi connectivity index (χ2n) is 6.60. The highest BCUT2D eigenvalue weighted by molar-refractivity contribution is 7.83. The summed E-state index contributed by atoms with van der Waals surface area (Å²) in [6, 6.07) is 11.3. The van der Waals surface area contributed by atoms with Crippen molar-refractivity contribution >= 4 is 33.8 Å². The molecule has 4 rings (SSSR count). The van der Waals surface area contributed by atoms with Crippen molar-refractivity contribution in [2.24, 2.45) is 0 Å². The molecule has 1 aliphatic carbocycles. The average molecular weight is 406 g/mol. The number of hydrogen-bond donors (Lipinski definition) is 3. The van der Waals surface area contributed by atoms with E-state index in [-0.39, 0.29) is 0 Å². The monoisotopic (exact) mass is 406 g/mol. The van der Waals surface area contributed by atoms with Gasteiger partial charge in [0.25, 0.3) is 0 Å². The number of hydrogen-bond acceptors (Lipinski definition) is 7. The molecule has 0 saturated heterocycles. The van der Waals surface area contributed by atoms with Crippen LogP contribution in [0.5, 0.6) is 0 Å². The van der Waals surface area contributed by atoms with Gasteiger partial charge in [0.05, 0.1) is 28.4 Å². The number of nitrogens with zero attached hydrogens (tertiary/aromatic N) is 5. The van der Waals surface area contributed by atoms with Gasteiger partial charge in [0.1, 0.15) is 17.1 Å². The van der Waals surface area contributed by atoms with Crippen LogP contribution in [0.2, 0.25) is 0 Å².